The van der Waals surface area contributed by atoms with E-state index in [4.69, 9.17) is 5.73 Å². The van der Waals surface area contributed by atoms with E-state index in [1.807, 2.05) is 24.3 Å². The van der Waals surface area contributed by atoms with Crippen LogP contribution in [0.2, 0.25) is 0 Å². The summed E-state index contributed by atoms with van der Waals surface area (Å²) >= 11 is 0. The number of fused-ring (bicyclic) bond motifs is 1. The van der Waals surface area contributed by atoms with Crippen LogP contribution in [-0.2, 0) is 18.4 Å². The molecule has 1 atom stereocenters. The fourth-order valence-corrected chi connectivity index (χ4v) is 3.24. The molecule has 0 aliphatic heterocycles. The number of nitrogens with two attached hydrogens (primary N) is 1. The first-order valence-corrected chi connectivity index (χ1v) is 7.33. The molecule has 1 aliphatic rings. The average molecular weight is 267 g/mol. The summed E-state index contributed by atoms with van der Waals surface area (Å²) in [5.41, 5.74) is 9.59. The molecule has 0 spiro atoms. The molecule has 0 bridgehead atoms. The highest BCUT2D eigenvalue weighted by Crippen LogP contribution is 2.41. The Bertz CT molecular complexity index is 594. The third-order valence-electron chi connectivity index (χ3n) is 4.34. The standard InChI is InChI=1S/C18H21NO/c19-16-8-9-17-15(13-16)10-12-18(17,20)11-4-7-14-5-2-1-3-6-14/h1-3,5-6,8-9,13,20H,4,7,10-12,19H2. The van der Waals surface area contributed by atoms with E-state index in [0.717, 1.165) is 43.4 Å². The smallest absolute Gasteiger partial charge is 0.0902 e. The molecule has 2 aromatic rings. The number of nitrogen functional groups attached to an aromatic ring is 1. The normalized spacial score (nSPS) is 20.9. The third kappa shape index (κ3) is 2.56. The molecule has 0 radical (unpaired) electrons. The fraction of sp³-hybridized carbons (Fsp3) is 0.333. The minimum absolute atomic E-state index is 0.655. The van der Waals surface area contributed by atoms with Crippen LogP contribution in [0.5, 0.6) is 0 Å². The largest absolute Gasteiger partial charge is 0.399 e. The summed E-state index contributed by atoms with van der Waals surface area (Å²) in [5.74, 6) is 0. The van der Waals surface area contributed by atoms with Gasteiger partial charge < -0.3 is 10.8 Å². The zero-order valence-electron chi connectivity index (χ0n) is 11.7. The lowest BCUT2D eigenvalue weighted by atomic mass is 9.89. The van der Waals surface area contributed by atoms with E-state index in [2.05, 4.69) is 24.3 Å². The topological polar surface area (TPSA) is 46.2 Å². The highest BCUT2D eigenvalue weighted by atomic mass is 16.3. The first kappa shape index (κ1) is 13.2. The van der Waals surface area contributed by atoms with Gasteiger partial charge in [-0.05, 0) is 60.9 Å². The lowest BCUT2D eigenvalue weighted by Crippen LogP contribution is -2.22. The van der Waals surface area contributed by atoms with E-state index in [9.17, 15) is 5.11 Å². The van der Waals surface area contributed by atoms with E-state index in [-0.39, 0.29) is 0 Å². The maximum atomic E-state index is 10.9. The number of hydrogen-bond acceptors (Lipinski definition) is 2. The van der Waals surface area contributed by atoms with Gasteiger partial charge in [-0.2, -0.15) is 0 Å². The van der Waals surface area contributed by atoms with Gasteiger partial charge in [0, 0.05) is 5.69 Å². The number of aliphatic hydroxyl groups is 1. The van der Waals surface area contributed by atoms with Gasteiger partial charge in [0.1, 0.15) is 0 Å². The van der Waals surface area contributed by atoms with Crippen LogP contribution in [0.15, 0.2) is 48.5 Å². The van der Waals surface area contributed by atoms with E-state index < -0.39 is 5.60 Å². The van der Waals surface area contributed by atoms with E-state index in [1.54, 1.807) is 0 Å². The zero-order valence-corrected chi connectivity index (χ0v) is 11.7. The van der Waals surface area contributed by atoms with Crippen LogP contribution in [0.3, 0.4) is 0 Å². The Kier molecular flexibility index (Phi) is 3.49. The number of anilines is 1. The van der Waals surface area contributed by atoms with Crippen LogP contribution < -0.4 is 5.73 Å². The fourth-order valence-electron chi connectivity index (χ4n) is 3.24. The Labute approximate surface area is 120 Å². The first-order chi connectivity index (χ1) is 9.67. The lowest BCUT2D eigenvalue weighted by molar-refractivity contribution is 0.0275. The molecule has 2 aromatic carbocycles. The van der Waals surface area contributed by atoms with Gasteiger partial charge in [0.05, 0.1) is 5.60 Å². The zero-order chi connectivity index (χ0) is 14.0. The summed E-state index contributed by atoms with van der Waals surface area (Å²) in [5, 5.41) is 10.9. The molecule has 0 saturated carbocycles. The van der Waals surface area contributed by atoms with Gasteiger partial charge in [-0.15, -0.1) is 0 Å². The van der Waals surface area contributed by atoms with E-state index in [1.165, 1.54) is 11.1 Å². The molecule has 2 heteroatoms. The van der Waals surface area contributed by atoms with Crippen molar-refractivity contribution in [2.75, 3.05) is 5.73 Å². The molecule has 0 amide bonds. The highest BCUT2D eigenvalue weighted by Gasteiger charge is 2.35. The average Bonchev–Trinajstić information content (AvgIpc) is 2.77. The van der Waals surface area contributed by atoms with Crippen LogP contribution in [0.1, 0.15) is 36.0 Å². The Morgan fingerprint density at radius 3 is 2.70 bits per heavy atom. The van der Waals surface area contributed by atoms with E-state index >= 15 is 0 Å². The Balaban J connectivity index is 1.67. The maximum absolute atomic E-state index is 10.9. The van der Waals surface area contributed by atoms with Gasteiger partial charge in [-0.25, -0.2) is 0 Å². The summed E-state index contributed by atoms with van der Waals surface area (Å²) in [4.78, 5) is 0. The lowest BCUT2D eigenvalue weighted by Gasteiger charge is -2.24. The van der Waals surface area contributed by atoms with Crippen molar-refractivity contribution in [3.8, 4) is 0 Å². The van der Waals surface area contributed by atoms with Crippen LogP contribution in [0, 0.1) is 0 Å². The SMILES string of the molecule is Nc1ccc2c(c1)CCC2(O)CCCc1ccccc1. The van der Waals surface area contributed by atoms with Crippen LogP contribution in [0.4, 0.5) is 5.69 Å². The second kappa shape index (κ2) is 5.29. The van der Waals surface area contributed by atoms with E-state index in [0.29, 0.717) is 0 Å². The number of benzene rings is 2. The molecule has 0 heterocycles. The second-order valence-electron chi connectivity index (χ2n) is 5.79. The van der Waals surface area contributed by atoms with Crippen molar-refractivity contribution in [2.24, 2.45) is 0 Å². The van der Waals surface area contributed by atoms with Gasteiger partial charge in [-0.1, -0.05) is 36.4 Å². The monoisotopic (exact) mass is 267 g/mol. The quantitative estimate of drug-likeness (QED) is 0.834. The van der Waals surface area contributed by atoms with Gasteiger partial charge in [0.15, 0.2) is 0 Å². The Morgan fingerprint density at radius 2 is 1.90 bits per heavy atom. The summed E-state index contributed by atoms with van der Waals surface area (Å²) in [7, 11) is 0. The number of rotatable bonds is 4. The molecule has 0 fully saturated rings. The second-order valence-corrected chi connectivity index (χ2v) is 5.79. The molecular formula is C18H21NO. The molecular weight excluding hydrogens is 246 g/mol. The molecule has 1 aliphatic carbocycles. The predicted octanol–water partition coefficient (Wildman–Crippen LogP) is 3.43. The van der Waals surface area contributed by atoms with Crippen LogP contribution in [-0.4, -0.2) is 5.11 Å². The molecule has 104 valence electrons. The van der Waals surface area contributed by atoms with Crippen molar-refractivity contribution in [3.63, 3.8) is 0 Å². The third-order valence-corrected chi connectivity index (χ3v) is 4.34. The minimum Gasteiger partial charge on any atom is -0.399 e. The molecule has 1 unspecified atom stereocenters. The van der Waals surface area contributed by atoms with Gasteiger partial charge >= 0.3 is 0 Å². The molecule has 0 saturated heterocycles. The van der Waals surface area contributed by atoms with Crippen molar-refractivity contribution in [1.29, 1.82) is 0 Å². The first-order valence-electron chi connectivity index (χ1n) is 7.33. The Hall–Kier alpha value is -1.80. The number of hydrogen-bond donors (Lipinski definition) is 2. The minimum atomic E-state index is -0.655. The summed E-state index contributed by atoms with van der Waals surface area (Å²) < 4.78 is 0. The number of aryl methyl sites for hydroxylation is 2. The molecule has 0 aromatic heterocycles. The van der Waals surface area contributed by atoms with Crippen molar-refractivity contribution in [2.45, 2.75) is 37.7 Å². The predicted molar refractivity (Wildman–Crippen MR) is 82.5 cm³/mol. The van der Waals surface area contributed by atoms with Crippen molar-refractivity contribution in [1.82, 2.24) is 0 Å². The summed E-state index contributed by atoms with van der Waals surface area (Å²) in [6.45, 7) is 0. The maximum Gasteiger partial charge on any atom is 0.0902 e. The van der Waals surface area contributed by atoms with Gasteiger partial charge in [-0.3, -0.25) is 0 Å². The summed E-state index contributed by atoms with van der Waals surface area (Å²) in [6.07, 6.45) is 4.60. The molecule has 3 N–H and O–H groups in total. The van der Waals surface area contributed by atoms with Gasteiger partial charge in [0.2, 0.25) is 0 Å². The van der Waals surface area contributed by atoms with Crippen molar-refractivity contribution >= 4 is 5.69 Å². The van der Waals surface area contributed by atoms with Crippen LogP contribution in [0.25, 0.3) is 0 Å². The van der Waals surface area contributed by atoms with Crippen molar-refractivity contribution < 1.29 is 5.11 Å². The molecule has 20 heavy (non-hydrogen) atoms. The molecule has 2 nitrogen and oxygen atoms in total. The van der Waals surface area contributed by atoms with Crippen LogP contribution >= 0.6 is 0 Å². The summed E-state index contributed by atoms with van der Waals surface area (Å²) in [6, 6.07) is 16.4. The van der Waals surface area contributed by atoms with Crippen molar-refractivity contribution in [3.05, 3.63) is 65.2 Å². The molecule has 3 rings (SSSR count). The Morgan fingerprint density at radius 1 is 1.10 bits per heavy atom. The van der Waals surface area contributed by atoms with Gasteiger partial charge in [0.25, 0.3) is 0 Å². The highest BCUT2D eigenvalue weighted by molar-refractivity contribution is 5.48.